The van der Waals surface area contributed by atoms with E-state index in [-0.39, 0.29) is 0 Å². The summed E-state index contributed by atoms with van der Waals surface area (Å²) in [5.41, 5.74) is -0.808. The van der Waals surface area contributed by atoms with Crippen LogP contribution in [0.2, 0.25) is 5.02 Å². The van der Waals surface area contributed by atoms with Crippen LogP contribution in [0.4, 0.5) is 5.82 Å². The van der Waals surface area contributed by atoms with Crippen molar-refractivity contribution in [3.63, 3.8) is 0 Å². The highest BCUT2D eigenvalue weighted by Gasteiger charge is 2.19. The molecule has 1 aromatic heterocycles. The standard InChI is InChI=1S/C11H17ClN2O2/c1-11(15,5-6-16-2)8-14-10-4-3-9(12)7-13-10/h3-4,7,15H,5-6,8H2,1-2H3,(H,13,14). The average Bonchev–Trinajstić information content (AvgIpc) is 2.26. The van der Waals surface area contributed by atoms with E-state index in [9.17, 15) is 5.11 Å². The lowest BCUT2D eigenvalue weighted by atomic mass is 10.0. The van der Waals surface area contributed by atoms with Crippen molar-refractivity contribution in [3.05, 3.63) is 23.4 Å². The number of ether oxygens (including phenoxy) is 1. The first-order valence-electron chi connectivity index (χ1n) is 5.10. The first kappa shape index (κ1) is 13.2. The molecular weight excluding hydrogens is 228 g/mol. The number of aromatic nitrogens is 1. The number of methoxy groups -OCH3 is 1. The van der Waals surface area contributed by atoms with E-state index in [1.165, 1.54) is 0 Å². The molecule has 0 aliphatic rings. The quantitative estimate of drug-likeness (QED) is 0.803. The second-order valence-electron chi connectivity index (χ2n) is 3.95. The molecule has 2 N–H and O–H groups in total. The van der Waals surface area contributed by atoms with Crippen molar-refractivity contribution < 1.29 is 9.84 Å². The monoisotopic (exact) mass is 244 g/mol. The van der Waals surface area contributed by atoms with Gasteiger partial charge in [0.25, 0.3) is 0 Å². The Morgan fingerprint density at radius 1 is 1.56 bits per heavy atom. The Bertz CT molecular complexity index is 314. The zero-order valence-electron chi connectivity index (χ0n) is 9.53. The van der Waals surface area contributed by atoms with E-state index in [0.29, 0.717) is 30.4 Å². The summed E-state index contributed by atoms with van der Waals surface area (Å²) >= 11 is 5.71. The summed E-state index contributed by atoms with van der Waals surface area (Å²) in [6.07, 6.45) is 2.14. The Morgan fingerprint density at radius 2 is 2.31 bits per heavy atom. The largest absolute Gasteiger partial charge is 0.388 e. The summed E-state index contributed by atoms with van der Waals surface area (Å²) in [6, 6.07) is 3.52. The third kappa shape index (κ3) is 4.79. The van der Waals surface area contributed by atoms with Crippen LogP contribution in [-0.4, -0.2) is 36.0 Å². The first-order chi connectivity index (χ1) is 7.53. The van der Waals surface area contributed by atoms with Crippen molar-refractivity contribution in [1.82, 2.24) is 4.98 Å². The maximum absolute atomic E-state index is 9.97. The molecule has 1 atom stereocenters. The summed E-state index contributed by atoms with van der Waals surface area (Å²) in [5, 5.41) is 13.6. The van der Waals surface area contributed by atoms with Crippen LogP contribution in [0.3, 0.4) is 0 Å². The third-order valence-corrected chi connectivity index (χ3v) is 2.45. The van der Waals surface area contributed by atoms with Gasteiger partial charge in [-0.05, 0) is 19.1 Å². The Hall–Kier alpha value is -0.840. The Labute approximate surface area is 101 Å². The van der Waals surface area contributed by atoms with Crippen molar-refractivity contribution in [3.8, 4) is 0 Å². The zero-order valence-corrected chi connectivity index (χ0v) is 10.3. The molecule has 1 heterocycles. The maximum atomic E-state index is 9.97. The van der Waals surface area contributed by atoms with Crippen molar-refractivity contribution in [2.24, 2.45) is 0 Å². The van der Waals surface area contributed by atoms with Crippen molar-refractivity contribution in [2.45, 2.75) is 18.9 Å². The molecule has 90 valence electrons. The van der Waals surface area contributed by atoms with Crippen molar-refractivity contribution in [1.29, 1.82) is 0 Å². The third-order valence-electron chi connectivity index (χ3n) is 2.22. The van der Waals surface area contributed by atoms with Crippen LogP contribution in [0, 0.1) is 0 Å². The molecule has 0 bridgehead atoms. The summed E-state index contributed by atoms with van der Waals surface area (Å²) in [6.45, 7) is 2.71. The normalized spacial score (nSPS) is 14.5. The lowest BCUT2D eigenvalue weighted by Gasteiger charge is -2.23. The zero-order chi connectivity index (χ0) is 12.0. The second kappa shape index (κ2) is 6.03. The lowest BCUT2D eigenvalue weighted by Crippen LogP contribution is -2.34. The Kier molecular flexibility index (Phi) is 4.99. The van der Waals surface area contributed by atoms with Crippen LogP contribution >= 0.6 is 11.6 Å². The van der Waals surface area contributed by atoms with E-state index < -0.39 is 5.60 Å². The van der Waals surface area contributed by atoms with E-state index in [0.717, 1.165) is 0 Å². The number of halogens is 1. The molecule has 0 aromatic carbocycles. The number of aliphatic hydroxyl groups is 1. The van der Waals surface area contributed by atoms with Gasteiger partial charge in [0.1, 0.15) is 5.82 Å². The van der Waals surface area contributed by atoms with E-state index in [1.807, 2.05) is 0 Å². The summed E-state index contributed by atoms with van der Waals surface area (Å²) < 4.78 is 4.92. The van der Waals surface area contributed by atoms with E-state index >= 15 is 0 Å². The van der Waals surface area contributed by atoms with Gasteiger partial charge in [-0.2, -0.15) is 0 Å². The minimum absolute atomic E-state index is 0.422. The highest BCUT2D eigenvalue weighted by atomic mass is 35.5. The van der Waals surface area contributed by atoms with Gasteiger partial charge in [-0.25, -0.2) is 4.98 Å². The van der Waals surface area contributed by atoms with Crippen LogP contribution in [0.5, 0.6) is 0 Å². The number of pyridine rings is 1. The highest BCUT2D eigenvalue weighted by Crippen LogP contribution is 2.13. The van der Waals surface area contributed by atoms with Crippen LogP contribution < -0.4 is 5.32 Å². The average molecular weight is 245 g/mol. The molecule has 0 aliphatic heterocycles. The molecule has 1 unspecified atom stereocenters. The molecule has 4 nitrogen and oxygen atoms in total. The Balaban J connectivity index is 2.41. The topological polar surface area (TPSA) is 54.4 Å². The number of anilines is 1. The van der Waals surface area contributed by atoms with Crippen LogP contribution in [0.25, 0.3) is 0 Å². The predicted molar refractivity (Wildman–Crippen MR) is 64.9 cm³/mol. The molecule has 0 radical (unpaired) electrons. The molecule has 0 amide bonds. The van der Waals surface area contributed by atoms with Gasteiger partial charge in [-0.3, -0.25) is 0 Å². The predicted octanol–water partition coefficient (Wildman–Crippen LogP) is 1.93. The Morgan fingerprint density at radius 3 is 2.88 bits per heavy atom. The van der Waals surface area contributed by atoms with Gasteiger partial charge in [0.15, 0.2) is 0 Å². The number of rotatable bonds is 6. The van der Waals surface area contributed by atoms with Crippen LogP contribution in [0.1, 0.15) is 13.3 Å². The fraction of sp³-hybridized carbons (Fsp3) is 0.545. The number of hydrogen-bond donors (Lipinski definition) is 2. The lowest BCUT2D eigenvalue weighted by molar-refractivity contribution is 0.0357. The summed E-state index contributed by atoms with van der Waals surface area (Å²) in [7, 11) is 1.62. The molecule has 1 rings (SSSR count). The van der Waals surface area contributed by atoms with E-state index in [2.05, 4.69) is 10.3 Å². The SMILES string of the molecule is COCCC(C)(O)CNc1ccc(Cl)cn1. The number of nitrogens with zero attached hydrogens (tertiary/aromatic N) is 1. The molecule has 0 saturated carbocycles. The minimum atomic E-state index is -0.808. The van der Waals surface area contributed by atoms with Crippen LogP contribution in [-0.2, 0) is 4.74 Å². The number of nitrogens with one attached hydrogen (secondary N) is 1. The fourth-order valence-corrected chi connectivity index (χ4v) is 1.28. The summed E-state index contributed by atoms with van der Waals surface area (Å²) in [5.74, 6) is 0.696. The molecule has 0 saturated heterocycles. The summed E-state index contributed by atoms with van der Waals surface area (Å²) in [4.78, 5) is 4.08. The molecule has 0 fully saturated rings. The van der Waals surface area contributed by atoms with Crippen molar-refractivity contribution >= 4 is 17.4 Å². The fourth-order valence-electron chi connectivity index (χ4n) is 1.17. The van der Waals surface area contributed by atoms with Gasteiger partial charge < -0.3 is 15.2 Å². The molecular formula is C11H17ClN2O2. The van der Waals surface area contributed by atoms with Gasteiger partial charge in [-0.1, -0.05) is 11.6 Å². The van der Waals surface area contributed by atoms with Gasteiger partial charge in [0.05, 0.1) is 10.6 Å². The van der Waals surface area contributed by atoms with Gasteiger partial charge in [-0.15, -0.1) is 0 Å². The van der Waals surface area contributed by atoms with E-state index in [4.69, 9.17) is 16.3 Å². The van der Waals surface area contributed by atoms with Crippen LogP contribution in [0.15, 0.2) is 18.3 Å². The van der Waals surface area contributed by atoms with Gasteiger partial charge >= 0.3 is 0 Å². The molecule has 5 heteroatoms. The van der Waals surface area contributed by atoms with Gasteiger partial charge in [0, 0.05) is 32.9 Å². The minimum Gasteiger partial charge on any atom is -0.388 e. The van der Waals surface area contributed by atoms with E-state index in [1.54, 1.807) is 32.4 Å². The number of hydrogen-bond acceptors (Lipinski definition) is 4. The first-order valence-corrected chi connectivity index (χ1v) is 5.48. The molecule has 1 aromatic rings. The second-order valence-corrected chi connectivity index (χ2v) is 4.39. The molecule has 0 spiro atoms. The van der Waals surface area contributed by atoms with Gasteiger partial charge in [0.2, 0.25) is 0 Å². The van der Waals surface area contributed by atoms with Crippen molar-refractivity contribution in [2.75, 3.05) is 25.6 Å². The smallest absolute Gasteiger partial charge is 0.126 e. The maximum Gasteiger partial charge on any atom is 0.126 e. The molecule has 16 heavy (non-hydrogen) atoms. The highest BCUT2D eigenvalue weighted by molar-refractivity contribution is 6.30. The molecule has 0 aliphatic carbocycles.